The SMILES string of the molecule is Cc1cnc(CC2CCCN(S(=O)(=O)c3ccc4c(c3)CCC4)C2)n1Cc1ccccc1. The van der Waals surface area contributed by atoms with E-state index in [2.05, 4.69) is 40.7 Å². The summed E-state index contributed by atoms with van der Waals surface area (Å²) >= 11 is 0. The molecule has 0 bridgehead atoms. The Morgan fingerprint density at radius 1 is 1.03 bits per heavy atom. The van der Waals surface area contributed by atoms with Crippen molar-refractivity contribution in [2.45, 2.75) is 56.9 Å². The largest absolute Gasteiger partial charge is 0.328 e. The molecule has 0 spiro atoms. The lowest BCUT2D eigenvalue weighted by Crippen LogP contribution is -2.40. The van der Waals surface area contributed by atoms with Gasteiger partial charge in [-0.2, -0.15) is 4.31 Å². The molecule has 1 atom stereocenters. The lowest BCUT2D eigenvalue weighted by molar-refractivity contribution is 0.261. The molecule has 1 aliphatic carbocycles. The summed E-state index contributed by atoms with van der Waals surface area (Å²) in [4.78, 5) is 5.14. The number of aryl methyl sites for hydroxylation is 3. The van der Waals surface area contributed by atoms with E-state index in [1.807, 2.05) is 24.4 Å². The molecule has 1 aliphatic heterocycles. The Balaban J connectivity index is 1.32. The van der Waals surface area contributed by atoms with Crippen LogP contribution in [0.25, 0.3) is 0 Å². The number of piperidine rings is 1. The second-order valence-corrected chi connectivity index (χ2v) is 11.2. The molecule has 5 rings (SSSR count). The molecule has 2 aromatic carbocycles. The third-order valence-electron chi connectivity index (χ3n) is 6.98. The Kier molecular flexibility index (Phi) is 5.91. The first-order valence-corrected chi connectivity index (χ1v) is 13.1. The highest BCUT2D eigenvalue weighted by atomic mass is 32.2. The van der Waals surface area contributed by atoms with Crippen LogP contribution in [0.3, 0.4) is 0 Å². The number of benzene rings is 2. The van der Waals surface area contributed by atoms with Crippen molar-refractivity contribution in [2.75, 3.05) is 13.1 Å². The molecule has 6 heteroatoms. The molecular weight excluding hydrogens is 418 g/mol. The highest BCUT2D eigenvalue weighted by Crippen LogP contribution is 2.29. The number of nitrogens with zero attached hydrogens (tertiary/aromatic N) is 3. The summed E-state index contributed by atoms with van der Waals surface area (Å²) < 4.78 is 30.8. The molecule has 0 N–H and O–H groups in total. The number of fused-ring (bicyclic) bond motifs is 1. The maximum absolute atomic E-state index is 13.4. The molecule has 3 aromatic rings. The van der Waals surface area contributed by atoms with Crippen LogP contribution in [0.5, 0.6) is 0 Å². The van der Waals surface area contributed by atoms with Gasteiger partial charge in [-0.25, -0.2) is 13.4 Å². The van der Waals surface area contributed by atoms with E-state index in [1.165, 1.54) is 16.7 Å². The lowest BCUT2D eigenvalue weighted by atomic mass is 9.96. The zero-order valence-corrected chi connectivity index (χ0v) is 19.5. The second-order valence-electron chi connectivity index (χ2n) is 9.25. The smallest absolute Gasteiger partial charge is 0.243 e. The molecule has 0 radical (unpaired) electrons. The van der Waals surface area contributed by atoms with Crippen molar-refractivity contribution in [1.82, 2.24) is 13.9 Å². The fourth-order valence-electron chi connectivity index (χ4n) is 5.18. The van der Waals surface area contributed by atoms with Gasteiger partial charge >= 0.3 is 0 Å². The predicted molar refractivity (Wildman–Crippen MR) is 126 cm³/mol. The summed E-state index contributed by atoms with van der Waals surface area (Å²) in [7, 11) is -3.46. The van der Waals surface area contributed by atoms with Crippen molar-refractivity contribution in [3.63, 3.8) is 0 Å². The molecule has 32 heavy (non-hydrogen) atoms. The van der Waals surface area contributed by atoms with Crippen LogP contribution in [0.4, 0.5) is 0 Å². The molecule has 1 unspecified atom stereocenters. The first-order valence-electron chi connectivity index (χ1n) is 11.7. The molecule has 0 amide bonds. The number of rotatable bonds is 6. The normalized spacial score (nSPS) is 19.2. The van der Waals surface area contributed by atoms with Gasteiger partial charge in [0.05, 0.1) is 4.90 Å². The van der Waals surface area contributed by atoms with Gasteiger partial charge in [0.2, 0.25) is 10.0 Å². The molecule has 1 saturated heterocycles. The van der Waals surface area contributed by atoms with E-state index in [4.69, 9.17) is 0 Å². The lowest BCUT2D eigenvalue weighted by Gasteiger charge is -2.32. The Bertz CT molecular complexity index is 1200. The number of hydrogen-bond acceptors (Lipinski definition) is 3. The fourth-order valence-corrected chi connectivity index (χ4v) is 6.79. The van der Waals surface area contributed by atoms with Gasteiger partial charge in [0.25, 0.3) is 0 Å². The average molecular weight is 450 g/mol. The van der Waals surface area contributed by atoms with E-state index in [-0.39, 0.29) is 5.92 Å². The van der Waals surface area contributed by atoms with Crippen molar-refractivity contribution >= 4 is 10.0 Å². The van der Waals surface area contributed by atoms with E-state index in [0.717, 1.165) is 56.6 Å². The Morgan fingerprint density at radius 2 is 1.84 bits per heavy atom. The van der Waals surface area contributed by atoms with Crippen LogP contribution in [-0.4, -0.2) is 35.4 Å². The molecule has 0 saturated carbocycles. The maximum atomic E-state index is 13.4. The third kappa shape index (κ3) is 4.26. The summed E-state index contributed by atoms with van der Waals surface area (Å²) in [5.74, 6) is 1.33. The zero-order valence-electron chi connectivity index (χ0n) is 18.7. The summed E-state index contributed by atoms with van der Waals surface area (Å²) in [6.45, 7) is 4.06. The molecule has 2 aliphatic rings. The highest BCUT2D eigenvalue weighted by molar-refractivity contribution is 7.89. The minimum absolute atomic E-state index is 0.282. The molecule has 5 nitrogen and oxygen atoms in total. The van der Waals surface area contributed by atoms with Crippen LogP contribution in [0.15, 0.2) is 59.6 Å². The number of imidazole rings is 1. The van der Waals surface area contributed by atoms with E-state index in [0.29, 0.717) is 18.0 Å². The minimum Gasteiger partial charge on any atom is -0.328 e. The quantitative estimate of drug-likeness (QED) is 0.561. The number of aromatic nitrogens is 2. The first-order chi connectivity index (χ1) is 15.5. The average Bonchev–Trinajstić information content (AvgIpc) is 3.41. The van der Waals surface area contributed by atoms with Gasteiger partial charge in [-0.15, -0.1) is 0 Å². The summed E-state index contributed by atoms with van der Waals surface area (Å²) in [5.41, 5.74) is 4.90. The van der Waals surface area contributed by atoms with Gasteiger partial charge in [0.1, 0.15) is 5.82 Å². The summed E-state index contributed by atoms with van der Waals surface area (Å²) in [6, 6.07) is 16.1. The maximum Gasteiger partial charge on any atom is 0.243 e. The zero-order chi connectivity index (χ0) is 22.1. The standard InChI is InChI=1S/C26H31N3O2S/c1-20-17-27-26(29(20)19-21-7-3-2-4-8-21)15-22-9-6-14-28(18-22)32(30,31)25-13-12-23-10-5-11-24(23)16-25/h2-4,7-8,12-13,16-17,22H,5-6,9-11,14-15,18-19H2,1H3. The van der Waals surface area contributed by atoms with Crippen LogP contribution in [-0.2, 0) is 35.8 Å². The highest BCUT2D eigenvalue weighted by Gasteiger charge is 2.31. The number of hydrogen-bond donors (Lipinski definition) is 0. The van der Waals surface area contributed by atoms with Crippen LogP contribution in [0.1, 0.15) is 47.5 Å². The molecule has 1 fully saturated rings. The molecule has 1 aromatic heterocycles. The van der Waals surface area contributed by atoms with Gasteiger partial charge in [0.15, 0.2) is 0 Å². The number of sulfonamides is 1. The van der Waals surface area contributed by atoms with E-state index in [9.17, 15) is 8.42 Å². The van der Waals surface area contributed by atoms with Crippen molar-refractivity contribution < 1.29 is 8.42 Å². The van der Waals surface area contributed by atoms with E-state index in [1.54, 1.807) is 10.4 Å². The summed E-state index contributed by atoms with van der Waals surface area (Å²) in [6.07, 6.45) is 7.85. The third-order valence-corrected chi connectivity index (χ3v) is 8.84. The molecule has 2 heterocycles. The fraction of sp³-hybridized carbons (Fsp3) is 0.423. The minimum atomic E-state index is -3.46. The van der Waals surface area contributed by atoms with Crippen molar-refractivity contribution in [3.8, 4) is 0 Å². The van der Waals surface area contributed by atoms with Crippen molar-refractivity contribution in [2.24, 2.45) is 5.92 Å². The van der Waals surface area contributed by atoms with Crippen LogP contribution in [0.2, 0.25) is 0 Å². The van der Waals surface area contributed by atoms with Crippen LogP contribution in [0, 0.1) is 12.8 Å². The van der Waals surface area contributed by atoms with Gasteiger partial charge in [-0.05, 0) is 73.8 Å². The first kappa shape index (κ1) is 21.4. The second kappa shape index (κ2) is 8.83. The van der Waals surface area contributed by atoms with Gasteiger partial charge in [-0.1, -0.05) is 36.4 Å². The van der Waals surface area contributed by atoms with Crippen molar-refractivity contribution in [3.05, 3.63) is 82.9 Å². The van der Waals surface area contributed by atoms with Gasteiger partial charge in [-0.3, -0.25) is 0 Å². The van der Waals surface area contributed by atoms with Gasteiger partial charge < -0.3 is 4.57 Å². The Morgan fingerprint density at radius 3 is 2.69 bits per heavy atom. The molecular formula is C26H31N3O2S. The van der Waals surface area contributed by atoms with Crippen molar-refractivity contribution in [1.29, 1.82) is 0 Å². The van der Waals surface area contributed by atoms with E-state index < -0.39 is 10.0 Å². The Hall–Kier alpha value is -2.44. The summed E-state index contributed by atoms with van der Waals surface area (Å²) in [5, 5.41) is 0. The molecule has 168 valence electrons. The Labute approximate surface area is 191 Å². The van der Waals surface area contributed by atoms with Crippen LogP contribution >= 0.6 is 0 Å². The van der Waals surface area contributed by atoms with E-state index >= 15 is 0 Å². The predicted octanol–water partition coefficient (Wildman–Crippen LogP) is 4.37. The topological polar surface area (TPSA) is 55.2 Å². The monoisotopic (exact) mass is 449 g/mol. The van der Waals surface area contributed by atoms with Crippen LogP contribution < -0.4 is 0 Å². The van der Waals surface area contributed by atoms with Gasteiger partial charge in [0, 0.05) is 37.9 Å².